The van der Waals surface area contributed by atoms with Crippen molar-refractivity contribution >= 4 is 6.16 Å². The lowest BCUT2D eigenvalue weighted by Crippen LogP contribution is -2.19. The predicted octanol–water partition coefficient (Wildman–Crippen LogP) is 11.0. The second-order valence-corrected chi connectivity index (χ2v) is 10.7. The Labute approximate surface area is 214 Å². The lowest BCUT2D eigenvalue weighted by molar-refractivity contribution is 0.0300. The van der Waals surface area contributed by atoms with E-state index >= 15 is 0 Å². The molecule has 0 heterocycles. The lowest BCUT2D eigenvalue weighted by atomic mass is 9.95. The molecule has 34 heavy (non-hydrogen) atoms. The number of carbonyl (C=O) groups is 1. The summed E-state index contributed by atoms with van der Waals surface area (Å²) in [5.41, 5.74) is 0. The summed E-state index contributed by atoms with van der Waals surface area (Å²) in [6.45, 7) is 10.1. The van der Waals surface area contributed by atoms with E-state index in [9.17, 15) is 4.79 Å². The van der Waals surface area contributed by atoms with Crippen molar-refractivity contribution in [2.45, 2.75) is 169 Å². The van der Waals surface area contributed by atoms with E-state index in [4.69, 9.17) is 9.47 Å². The minimum Gasteiger partial charge on any atom is -0.434 e. The molecule has 0 aromatic rings. The second kappa shape index (κ2) is 26.9. The first-order valence-corrected chi connectivity index (χ1v) is 15.5. The van der Waals surface area contributed by atoms with Gasteiger partial charge in [0, 0.05) is 0 Å². The summed E-state index contributed by atoms with van der Waals surface area (Å²) < 4.78 is 11.3. The Morgan fingerprint density at radius 3 is 1.00 bits per heavy atom. The minimum atomic E-state index is -0.436. The number of carbonyl (C=O) groups excluding carboxylic acids is 1. The third-order valence-electron chi connectivity index (χ3n) is 7.24. The van der Waals surface area contributed by atoms with Gasteiger partial charge in [-0.2, -0.15) is 0 Å². The summed E-state index contributed by atoms with van der Waals surface area (Å²) in [5, 5.41) is 0. The quantitative estimate of drug-likeness (QED) is 0.0908. The fourth-order valence-electron chi connectivity index (χ4n) is 4.83. The third-order valence-corrected chi connectivity index (χ3v) is 7.24. The molecule has 0 saturated carbocycles. The van der Waals surface area contributed by atoms with Crippen LogP contribution in [0, 0.1) is 11.8 Å². The zero-order chi connectivity index (χ0) is 25.1. The van der Waals surface area contributed by atoms with Crippen molar-refractivity contribution in [3.05, 3.63) is 0 Å². The maximum absolute atomic E-state index is 12.4. The smallest absolute Gasteiger partial charge is 0.434 e. The average Bonchev–Trinajstić information content (AvgIpc) is 2.84. The monoisotopic (exact) mass is 482 g/mol. The van der Waals surface area contributed by atoms with Gasteiger partial charge in [-0.3, -0.25) is 0 Å². The van der Waals surface area contributed by atoms with E-state index < -0.39 is 6.16 Å². The highest BCUT2D eigenvalue weighted by atomic mass is 16.7. The molecule has 0 aliphatic rings. The highest BCUT2D eigenvalue weighted by molar-refractivity contribution is 5.59. The molecule has 0 amide bonds. The van der Waals surface area contributed by atoms with Gasteiger partial charge in [-0.15, -0.1) is 0 Å². The van der Waals surface area contributed by atoms with Gasteiger partial charge in [0.2, 0.25) is 0 Å². The third kappa shape index (κ3) is 23.0. The number of hydrogen-bond acceptors (Lipinski definition) is 3. The summed E-state index contributed by atoms with van der Waals surface area (Å²) in [6, 6.07) is 0. The number of ether oxygens (including phenoxy) is 2. The predicted molar refractivity (Wildman–Crippen MR) is 149 cm³/mol. The summed E-state index contributed by atoms with van der Waals surface area (Å²) in [6.07, 6.45) is 27.6. The van der Waals surface area contributed by atoms with Crippen LogP contribution < -0.4 is 0 Å². The van der Waals surface area contributed by atoms with Crippen LogP contribution >= 0.6 is 0 Å². The Balaban J connectivity index is 4.36. The molecule has 2 unspecified atom stereocenters. The van der Waals surface area contributed by atoms with Gasteiger partial charge in [0.1, 0.15) is 0 Å². The van der Waals surface area contributed by atoms with E-state index in [1.807, 2.05) is 0 Å². The van der Waals surface area contributed by atoms with Crippen molar-refractivity contribution in [3.63, 3.8) is 0 Å². The Morgan fingerprint density at radius 2 is 0.706 bits per heavy atom. The van der Waals surface area contributed by atoms with Crippen LogP contribution in [0.5, 0.6) is 0 Å². The average molecular weight is 483 g/mol. The maximum atomic E-state index is 12.4. The SMILES string of the molecule is CCCCCCCC(CCCCCC)COC(=O)OCC(CCCCCC)CCCCCCC. The van der Waals surface area contributed by atoms with Gasteiger partial charge in [0.05, 0.1) is 13.2 Å². The topological polar surface area (TPSA) is 35.5 Å². The fraction of sp³-hybridized carbons (Fsp3) is 0.968. The van der Waals surface area contributed by atoms with Crippen LogP contribution in [-0.2, 0) is 9.47 Å². The molecule has 0 aliphatic heterocycles. The van der Waals surface area contributed by atoms with E-state index in [-0.39, 0.29) is 0 Å². The molecule has 0 aromatic heterocycles. The zero-order valence-electron chi connectivity index (χ0n) is 23.9. The van der Waals surface area contributed by atoms with Crippen molar-refractivity contribution in [2.24, 2.45) is 11.8 Å². The Bertz CT molecular complexity index is 373. The van der Waals surface area contributed by atoms with E-state index in [0.29, 0.717) is 25.0 Å². The lowest BCUT2D eigenvalue weighted by Gasteiger charge is -2.19. The molecule has 0 saturated heterocycles. The minimum absolute atomic E-state index is 0.436. The summed E-state index contributed by atoms with van der Waals surface area (Å²) in [7, 11) is 0. The summed E-state index contributed by atoms with van der Waals surface area (Å²) >= 11 is 0. The molecule has 0 rings (SSSR count). The molecule has 0 fully saturated rings. The van der Waals surface area contributed by atoms with E-state index in [2.05, 4.69) is 27.7 Å². The summed E-state index contributed by atoms with van der Waals surface area (Å²) in [5.74, 6) is 0.990. The second-order valence-electron chi connectivity index (χ2n) is 10.7. The molecule has 3 nitrogen and oxygen atoms in total. The summed E-state index contributed by atoms with van der Waals surface area (Å²) in [4.78, 5) is 12.4. The Hall–Kier alpha value is -0.730. The first-order valence-electron chi connectivity index (χ1n) is 15.5. The highest BCUT2D eigenvalue weighted by Crippen LogP contribution is 2.21. The van der Waals surface area contributed by atoms with Crippen LogP contribution in [0.25, 0.3) is 0 Å². The van der Waals surface area contributed by atoms with Crippen LogP contribution in [0.2, 0.25) is 0 Å². The molecule has 0 radical (unpaired) electrons. The molecular weight excluding hydrogens is 420 g/mol. The van der Waals surface area contributed by atoms with Gasteiger partial charge in [-0.1, -0.05) is 143 Å². The van der Waals surface area contributed by atoms with Crippen molar-refractivity contribution in [1.82, 2.24) is 0 Å². The van der Waals surface area contributed by atoms with Gasteiger partial charge in [0.25, 0.3) is 0 Å². The van der Waals surface area contributed by atoms with Gasteiger partial charge in [-0.05, 0) is 37.5 Å². The van der Waals surface area contributed by atoms with Crippen molar-refractivity contribution < 1.29 is 14.3 Å². The van der Waals surface area contributed by atoms with E-state index in [1.165, 1.54) is 141 Å². The van der Waals surface area contributed by atoms with E-state index in [1.54, 1.807) is 0 Å². The van der Waals surface area contributed by atoms with Gasteiger partial charge >= 0.3 is 6.16 Å². The molecule has 0 aromatic carbocycles. The molecular formula is C31H62O3. The van der Waals surface area contributed by atoms with E-state index in [0.717, 1.165) is 0 Å². The molecule has 2 atom stereocenters. The molecule has 204 valence electrons. The fourth-order valence-corrected chi connectivity index (χ4v) is 4.83. The first kappa shape index (κ1) is 33.3. The van der Waals surface area contributed by atoms with Crippen LogP contribution in [0.15, 0.2) is 0 Å². The number of hydrogen-bond donors (Lipinski definition) is 0. The van der Waals surface area contributed by atoms with Crippen molar-refractivity contribution in [3.8, 4) is 0 Å². The number of unbranched alkanes of at least 4 members (excludes halogenated alkanes) is 14. The molecule has 0 spiro atoms. The highest BCUT2D eigenvalue weighted by Gasteiger charge is 2.16. The standard InChI is InChI=1S/C31H62O3/c1-5-9-13-17-21-25-29(23-19-15-11-7-3)27-33-31(32)34-28-30(24-20-16-12-8-4)26-22-18-14-10-6-2/h29-30H,5-28H2,1-4H3. The Morgan fingerprint density at radius 1 is 0.441 bits per heavy atom. The molecule has 0 N–H and O–H groups in total. The molecule has 0 bridgehead atoms. The molecule has 0 aliphatic carbocycles. The van der Waals surface area contributed by atoms with Crippen LogP contribution in [0.1, 0.15) is 169 Å². The zero-order valence-corrected chi connectivity index (χ0v) is 23.9. The van der Waals surface area contributed by atoms with Gasteiger partial charge in [0.15, 0.2) is 0 Å². The molecule has 3 heteroatoms. The van der Waals surface area contributed by atoms with Crippen molar-refractivity contribution in [2.75, 3.05) is 13.2 Å². The van der Waals surface area contributed by atoms with Crippen LogP contribution in [-0.4, -0.2) is 19.4 Å². The largest absolute Gasteiger partial charge is 0.508 e. The Kier molecular flexibility index (Phi) is 26.3. The van der Waals surface area contributed by atoms with Crippen molar-refractivity contribution in [1.29, 1.82) is 0 Å². The maximum Gasteiger partial charge on any atom is 0.508 e. The van der Waals surface area contributed by atoms with Gasteiger partial charge in [-0.25, -0.2) is 4.79 Å². The number of rotatable bonds is 26. The normalized spacial score (nSPS) is 13.1. The van der Waals surface area contributed by atoms with Gasteiger partial charge < -0.3 is 9.47 Å². The first-order chi connectivity index (χ1) is 16.7. The van der Waals surface area contributed by atoms with Crippen LogP contribution in [0.4, 0.5) is 4.79 Å². The van der Waals surface area contributed by atoms with Crippen LogP contribution in [0.3, 0.4) is 0 Å².